The summed E-state index contributed by atoms with van der Waals surface area (Å²) in [5, 5.41) is -5.70. The Balaban J connectivity index is 0.000000214. The monoisotopic (exact) mass is 658 g/mol. The quantitative estimate of drug-likeness (QED) is 0.0904. The SMILES string of the molecule is O=S(=O)([O-])C(F)(F)C(OC(c1ccccc1)c1ccccc1)C(F)(F)F.c1ccc([S+](c2ccccc2)c2ccccc2)cc1. The molecule has 0 spiro atoms. The molecule has 0 aliphatic carbocycles. The van der Waals surface area contributed by atoms with Crippen LogP contribution in [-0.2, 0) is 25.7 Å². The van der Waals surface area contributed by atoms with E-state index in [4.69, 9.17) is 0 Å². The molecule has 0 aliphatic heterocycles. The molecule has 4 nitrogen and oxygen atoms in total. The maximum atomic E-state index is 13.7. The van der Waals surface area contributed by atoms with Gasteiger partial charge in [0.2, 0.25) is 6.10 Å². The molecule has 0 aromatic heterocycles. The maximum Gasteiger partial charge on any atom is 0.421 e. The minimum atomic E-state index is -6.62. The third kappa shape index (κ3) is 8.79. The van der Waals surface area contributed by atoms with Gasteiger partial charge in [0.25, 0.3) is 0 Å². The fourth-order valence-electron chi connectivity index (χ4n) is 4.30. The summed E-state index contributed by atoms with van der Waals surface area (Å²) >= 11 is 0. The van der Waals surface area contributed by atoms with Gasteiger partial charge in [-0.25, -0.2) is 8.42 Å². The van der Waals surface area contributed by atoms with Gasteiger partial charge < -0.3 is 9.29 Å². The van der Waals surface area contributed by atoms with Gasteiger partial charge in [0, 0.05) is 0 Å². The Kier molecular flexibility index (Phi) is 11.2. The average Bonchev–Trinajstić information content (AvgIpc) is 3.03. The molecule has 11 heteroatoms. The predicted molar refractivity (Wildman–Crippen MR) is 162 cm³/mol. The molecule has 5 aromatic carbocycles. The number of alkyl halides is 5. The Bertz CT molecular complexity index is 1580. The molecule has 234 valence electrons. The van der Waals surface area contributed by atoms with Crippen LogP contribution in [0.2, 0.25) is 0 Å². The highest BCUT2D eigenvalue weighted by Crippen LogP contribution is 2.42. The van der Waals surface area contributed by atoms with Crippen LogP contribution in [0.1, 0.15) is 17.2 Å². The highest BCUT2D eigenvalue weighted by molar-refractivity contribution is 7.97. The van der Waals surface area contributed by atoms with Crippen LogP contribution < -0.4 is 0 Å². The number of rotatable bonds is 9. The second-order valence-corrected chi connectivity index (χ2v) is 13.0. The Labute approximate surface area is 261 Å². The molecule has 5 aromatic rings. The lowest BCUT2D eigenvalue weighted by molar-refractivity contribution is -0.273. The minimum Gasteiger partial charge on any atom is -0.743 e. The first-order valence-corrected chi connectivity index (χ1v) is 16.1. The Morgan fingerprint density at radius 2 is 0.822 bits per heavy atom. The van der Waals surface area contributed by atoms with Crippen LogP contribution in [0.15, 0.2) is 166 Å². The van der Waals surface area contributed by atoms with Crippen LogP contribution in [0.3, 0.4) is 0 Å². The van der Waals surface area contributed by atoms with E-state index in [1.54, 1.807) is 12.1 Å². The molecule has 1 unspecified atom stereocenters. The zero-order valence-corrected chi connectivity index (χ0v) is 25.1. The second kappa shape index (κ2) is 14.8. The molecular formula is C34H27F5O4S2. The molecule has 0 amide bonds. The van der Waals surface area contributed by atoms with Crippen LogP contribution in [0.5, 0.6) is 0 Å². The zero-order chi connectivity index (χ0) is 32.5. The van der Waals surface area contributed by atoms with E-state index in [1.165, 1.54) is 63.2 Å². The van der Waals surface area contributed by atoms with Crippen LogP contribution >= 0.6 is 0 Å². The summed E-state index contributed by atoms with van der Waals surface area (Å²) in [6, 6.07) is 46.3. The van der Waals surface area contributed by atoms with E-state index in [0.29, 0.717) is 0 Å². The maximum absolute atomic E-state index is 13.7. The molecule has 0 heterocycles. The van der Waals surface area contributed by atoms with Crippen LogP contribution in [0.25, 0.3) is 0 Å². The summed E-state index contributed by atoms with van der Waals surface area (Å²) in [6.45, 7) is 0. The molecule has 0 N–H and O–H groups in total. The summed E-state index contributed by atoms with van der Waals surface area (Å²) < 4.78 is 104. The lowest BCUT2D eigenvalue weighted by atomic mass is 10.0. The van der Waals surface area contributed by atoms with Crippen molar-refractivity contribution in [1.29, 1.82) is 0 Å². The number of halogens is 5. The van der Waals surface area contributed by atoms with Crippen LogP contribution in [0.4, 0.5) is 22.0 Å². The van der Waals surface area contributed by atoms with Crippen molar-refractivity contribution in [1.82, 2.24) is 0 Å². The third-order valence-corrected chi connectivity index (χ3v) is 9.46. The van der Waals surface area contributed by atoms with Gasteiger partial charge >= 0.3 is 11.4 Å². The van der Waals surface area contributed by atoms with Gasteiger partial charge in [-0.15, -0.1) is 0 Å². The summed E-state index contributed by atoms with van der Waals surface area (Å²) in [7, 11) is -6.64. The molecule has 0 saturated carbocycles. The van der Waals surface area contributed by atoms with E-state index in [2.05, 4.69) is 95.7 Å². The van der Waals surface area contributed by atoms with Gasteiger partial charge in [0.1, 0.15) is 6.10 Å². The Morgan fingerprint density at radius 3 is 1.09 bits per heavy atom. The normalized spacial score (nSPS) is 12.8. The topological polar surface area (TPSA) is 66.4 Å². The first-order chi connectivity index (χ1) is 21.4. The van der Waals surface area contributed by atoms with E-state index in [0.717, 1.165) is 0 Å². The largest absolute Gasteiger partial charge is 0.743 e. The Hall–Kier alpha value is -4.03. The van der Waals surface area contributed by atoms with Gasteiger partial charge in [-0.3, -0.25) is 0 Å². The van der Waals surface area contributed by atoms with Crippen molar-refractivity contribution >= 4 is 21.0 Å². The van der Waals surface area contributed by atoms with Gasteiger partial charge in [-0.05, 0) is 47.5 Å². The summed E-state index contributed by atoms with van der Waals surface area (Å²) in [6.07, 6.45) is -11.6. The Morgan fingerprint density at radius 1 is 0.533 bits per heavy atom. The average molecular weight is 659 g/mol. The van der Waals surface area contributed by atoms with Gasteiger partial charge in [-0.1, -0.05) is 115 Å². The first-order valence-electron chi connectivity index (χ1n) is 13.4. The van der Waals surface area contributed by atoms with E-state index in [9.17, 15) is 34.9 Å². The minimum absolute atomic E-state index is 0.0146. The molecular weight excluding hydrogens is 631 g/mol. The van der Waals surface area contributed by atoms with Crippen molar-refractivity contribution in [3.05, 3.63) is 163 Å². The molecule has 0 bridgehead atoms. The first kappa shape index (κ1) is 33.9. The number of hydrogen-bond donors (Lipinski definition) is 0. The van der Waals surface area contributed by atoms with E-state index in [-0.39, 0.29) is 22.0 Å². The molecule has 0 aliphatic rings. The number of ether oxygens (including phenoxy) is 1. The van der Waals surface area contributed by atoms with E-state index < -0.39 is 33.8 Å². The fourth-order valence-corrected chi connectivity index (χ4v) is 6.85. The number of benzene rings is 5. The lowest BCUT2D eigenvalue weighted by Gasteiger charge is -2.33. The summed E-state index contributed by atoms with van der Waals surface area (Å²) in [5.74, 6) is 0. The van der Waals surface area contributed by atoms with Gasteiger partial charge in [-0.2, -0.15) is 22.0 Å². The second-order valence-electron chi connectivity index (χ2n) is 9.52. The molecule has 45 heavy (non-hydrogen) atoms. The molecule has 0 saturated heterocycles. The standard InChI is InChI=1S/C18H15S.C16H13F5O4S/c1-4-10-16(11-5-1)19(17-12-6-2-7-13-17)18-14-8-3-9-15-18;17-15(18,19)14(16(20,21)26(22,23)24)25-13(11-7-3-1-4-8-11)12-9-5-2-6-10-12/h1-15H;1-10,13-14H,(H,22,23,24)/q+1;/p-1. The zero-order valence-electron chi connectivity index (χ0n) is 23.4. The summed E-state index contributed by atoms with van der Waals surface area (Å²) in [5.41, 5.74) is 0.152. The van der Waals surface area contributed by atoms with E-state index in [1.807, 2.05) is 0 Å². The smallest absolute Gasteiger partial charge is 0.421 e. The van der Waals surface area contributed by atoms with Crippen molar-refractivity contribution in [3.8, 4) is 0 Å². The molecule has 0 fully saturated rings. The summed E-state index contributed by atoms with van der Waals surface area (Å²) in [4.78, 5) is 4.08. The van der Waals surface area contributed by atoms with Crippen LogP contribution in [0, 0.1) is 0 Å². The van der Waals surface area contributed by atoms with Crippen molar-refractivity contribution in [2.75, 3.05) is 0 Å². The lowest BCUT2D eigenvalue weighted by Crippen LogP contribution is -2.51. The third-order valence-electron chi connectivity index (χ3n) is 6.35. The molecule has 0 radical (unpaired) electrons. The van der Waals surface area contributed by atoms with Crippen LogP contribution in [-0.4, -0.2) is 30.5 Å². The van der Waals surface area contributed by atoms with Crippen molar-refractivity contribution < 1.29 is 39.7 Å². The van der Waals surface area contributed by atoms with Gasteiger partial charge in [0.05, 0.1) is 10.9 Å². The van der Waals surface area contributed by atoms with Crippen molar-refractivity contribution in [2.24, 2.45) is 0 Å². The van der Waals surface area contributed by atoms with Crippen molar-refractivity contribution in [3.63, 3.8) is 0 Å². The van der Waals surface area contributed by atoms with E-state index >= 15 is 0 Å². The molecule has 1 atom stereocenters. The van der Waals surface area contributed by atoms with Crippen molar-refractivity contribution in [2.45, 2.75) is 38.3 Å². The highest BCUT2D eigenvalue weighted by atomic mass is 32.2. The predicted octanol–water partition coefficient (Wildman–Crippen LogP) is 8.64. The molecule has 5 rings (SSSR count). The highest BCUT2D eigenvalue weighted by Gasteiger charge is 2.62. The number of hydrogen-bond acceptors (Lipinski definition) is 4. The van der Waals surface area contributed by atoms with Gasteiger partial charge in [0.15, 0.2) is 24.8 Å². The fraction of sp³-hybridized carbons (Fsp3) is 0.118.